The molecule has 0 atom stereocenters. The van der Waals surface area contributed by atoms with Crippen LogP contribution in [0.3, 0.4) is 0 Å². The minimum Gasteiger partial charge on any atom is -0.487 e. The lowest BCUT2D eigenvalue weighted by molar-refractivity contribution is -0.132. The highest BCUT2D eigenvalue weighted by molar-refractivity contribution is 5.76. The summed E-state index contributed by atoms with van der Waals surface area (Å²) in [5.41, 5.74) is 0.821. The van der Waals surface area contributed by atoms with Crippen molar-refractivity contribution >= 4 is 5.91 Å². The van der Waals surface area contributed by atoms with Crippen molar-refractivity contribution in [3.8, 4) is 17.4 Å². The number of pyridine rings is 1. The molecule has 1 aliphatic heterocycles. The van der Waals surface area contributed by atoms with Crippen molar-refractivity contribution in [1.82, 2.24) is 24.6 Å². The summed E-state index contributed by atoms with van der Waals surface area (Å²) in [5, 5.41) is 4.08. The SMILES string of the molecule is O=C(CCCn1cncn1)N1CCOCCOc2ccccc2Oc2ncccc2C1. The van der Waals surface area contributed by atoms with Gasteiger partial charge in [-0.1, -0.05) is 18.2 Å². The predicted octanol–water partition coefficient (Wildman–Crippen LogP) is 2.68. The van der Waals surface area contributed by atoms with Gasteiger partial charge in [-0.2, -0.15) is 5.10 Å². The number of carbonyl (C=O) groups excluding carboxylic acids is 1. The van der Waals surface area contributed by atoms with Gasteiger partial charge in [0.25, 0.3) is 0 Å². The number of aryl methyl sites for hydroxylation is 1. The Labute approximate surface area is 180 Å². The Morgan fingerprint density at radius 2 is 1.97 bits per heavy atom. The molecule has 0 radical (unpaired) electrons. The molecule has 0 unspecified atom stereocenters. The summed E-state index contributed by atoms with van der Waals surface area (Å²) in [7, 11) is 0. The third-order valence-corrected chi connectivity index (χ3v) is 4.85. The number of carbonyl (C=O) groups is 1. The summed E-state index contributed by atoms with van der Waals surface area (Å²) in [6, 6.07) is 11.2. The van der Waals surface area contributed by atoms with Gasteiger partial charge in [0.15, 0.2) is 11.5 Å². The van der Waals surface area contributed by atoms with E-state index in [1.807, 2.05) is 36.4 Å². The molecule has 3 aromatic rings. The third-order valence-electron chi connectivity index (χ3n) is 4.85. The Morgan fingerprint density at radius 3 is 2.84 bits per heavy atom. The van der Waals surface area contributed by atoms with Gasteiger partial charge in [0.05, 0.1) is 19.8 Å². The molecule has 0 bridgehead atoms. The van der Waals surface area contributed by atoms with Crippen molar-refractivity contribution in [2.45, 2.75) is 25.9 Å². The van der Waals surface area contributed by atoms with Crippen LogP contribution in [0.5, 0.6) is 17.4 Å². The summed E-state index contributed by atoms with van der Waals surface area (Å²) in [4.78, 5) is 23.1. The van der Waals surface area contributed by atoms with E-state index in [1.165, 1.54) is 6.33 Å². The molecule has 9 heteroatoms. The lowest BCUT2D eigenvalue weighted by Gasteiger charge is -2.23. The van der Waals surface area contributed by atoms with Crippen LogP contribution in [-0.4, -0.2) is 56.9 Å². The van der Waals surface area contributed by atoms with E-state index in [1.54, 1.807) is 22.1 Å². The lowest BCUT2D eigenvalue weighted by Crippen LogP contribution is -2.34. The van der Waals surface area contributed by atoms with Crippen LogP contribution in [-0.2, 0) is 22.6 Å². The maximum atomic E-state index is 13.0. The van der Waals surface area contributed by atoms with Crippen molar-refractivity contribution in [2.75, 3.05) is 26.4 Å². The van der Waals surface area contributed by atoms with Crippen molar-refractivity contribution in [3.05, 3.63) is 60.8 Å². The van der Waals surface area contributed by atoms with Crippen molar-refractivity contribution in [3.63, 3.8) is 0 Å². The number of benzene rings is 1. The summed E-state index contributed by atoms with van der Waals surface area (Å²) < 4.78 is 19.3. The van der Waals surface area contributed by atoms with Crippen LogP contribution < -0.4 is 9.47 Å². The van der Waals surface area contributed by atoms with Gasteiger partial charge in [-0.05, 0) is 24.6 Å². The molecular weight excluding hydrogens is 398 g/mol. The number of rotatable bonds is 4. The smallest absolute Gasteiger partial charge is 0.224 e. The first kappa shape index (κ1) is 20.8. The first-order valence-electron chi connectivity index (χ1n) is 10.3. The number of nitrogens with zero attached hydrogens (tertiary/aromatic N) is 5. The van der Waals surface area contributed by atoms with E-state index in [0.717, 1.165) is 5.56 Å². The van der Waals surface area contributed by atoms with Crippen LogP contribution in [0.15, 0.2) is 55.2 Å². The van der Waals surface area contributed by atoms with Crippen LogP contribution in [0.4, 0.5) is 0 Å². The molecule has 1 amide bonds. The molecule has 0 saturated carbocycles. The Balaban J connectivity index is 1.50. The average molecular weight is 423 g/mol. The molecule has 0 fully saturated rings. The maximum Gasteiger partial charge on any atom is 0.224 e. The summed E-state index contributed by atoms with van der Waals surface area (Å²) in [5.74, 6) is 1.71. The molecule has 31 heavy (non-hydrogen) atoms. The fourth-order valence-corrected chi connectivity index (χ4v) is 3.28. The first-order valence-corrected chi connectivity index (χ1v) is 10.3. The van der Waals surface area contributed by atoms with Crippen LogP contribution >= 0.6 is 0 Å². The molecule has 9 nitrogen and oxygen atoms in total. The molecule has 1 aliphatic rings. The topological polar surface area (TPSA) is 91.6 Å². The fourth-order valence-electron chi connectivity index (χ4n) is 3.28. The number of amides is 1. The molecular formula is C22H25N5O4. The van der Waals surface area contributed by atoms with Gasteiger partial charge in [-0.15, -0.1) is 0 Å². The monoisotopic (exact) mass is 423 g/mol. The Bertz CT molecular complexity index is 980. The number of hydrogen-bond donors (Lipinski definition) is 0. The molecule has 2 aromatic heterocycles. The number of hydrogen-bond acceptors (Lipinski definition) is 7. The van der Waals surface area contributed by atoms with Gasteiger partial charge in [0.1, 0.15) is 19.3 Å². The summed E-state index contributed by atoms with van der Waals surface area (Å²) in [6.07, 6.45) is 5.90. The molecule has 162 valence electrons. The zero-order chi connectivity index (χ0) is 21.3. The van der Waals surface area contributed by atoms with Gasteiger partial charge in [-0.3, -0.25) is 9.48 Å². The number of fused-ring (bicyclic) bond motifs is 2. The summed E-state index contributed by atoms with van der Waals surface area (Å²) >= 11 is 0. The van der Waals surface area contributed by atoms with Crippen LogP contribution in [0, 0.1) is 0 Å². The highest BCUT2D eigenvalue weighted by atomic mass is 16.5. The molecule has 4 rings (SSSR count). The number of aromatic nitrogens is 4. The van der Waals surface area contributed by atoms with E-state index in [9.17, 15) is 4.79 Å². The van der Waals surface area contributed by atoms with Gasteiger partial charge >= 0.3 is 0 Å². The molecule has 3 heterocycles. The second-order valence-corrected chi connectivity index (χ2v) is 7.05. The lowest BCUT2D eigenvalue weighted by atomic mass is 10.2. The average Bonchev–Trinajstić information content (AvgIpc) is 3.30. The van der Waals surface area contributed by atoms with E-state index >= 15 is 0 Å². The van der Waals surface area contributed by atoms with E-state index in [-0.39, 0.29) is 5.91 Å². The molecule has 0 aliphatic carbocycles. The van der Waals surface area contributed by atoms with E-state index < -0.39 is 0 Å². The van der Waals surface area contributed by atoms with E-state index in [0.29, 0.717) is 69.7 Å². The van der Waals surface area contributed by atoms with Gasteiger partial charge < -0.3 is 19.1 Å². The molecule has 1 aromatic carbocycles. The molecule has 0 saturated heterocycles. The van der Waals surface area contributed by atoms with Gasteiger partial charge in [0.2, 0.25) is 11.8 Å². The number of para-hydroxylation sites is 2. The van der Waals surface area contributed by atoms with Crippen molar-refractivity contribution in [1.29, 1.82) is 0 Å². The second-order valence-electron chi connectivity index (χ2n) is 7.05. The highest BCUT2D eigenvalue weighted by Gasteiger charge is 2.18. The Kier molecular flexibility index (Phi) is 7.07. The van der Waals surface area contributed by atoms with Crippen LogP contribution in [0.1, 0.15) is 18.4 Å². The van der Waals surface area contributed by atoms with Gasteiger partial charge in [-0.25, -0.2) is 9.97 Å². The molecule has 0 N–H and O–H groups in total. The zero-order valence-corrected chi connectivity index (χ0v) is 17.2. The van der Waals surface area contributed by atoms with Crippen molar-refractivity contribution in [2.24, 2.45) is 0 Å². The standard InChI is InChI=1S/C22H25N5O4/c28-21(8-4-10-27-17-23-16-25-27)26-11-12-29-13-14-30-19-6-1-2-7-20(19)31-22-18(15-26)5-3-9-24-22/h1-3,5-7,9,16-17H,4,8,10-15H2. The quantitative estimate of drug-likeness (QED) is 0.637. The minimum absolute atomic E-state index is 0.0463. The Hall–Kier alpha value is -3.46. The normalized spacial score (nSPS) is 14.6. The summed E-state index contributed by atoms with van der Waals surface area (Å²) in [6.45, 7) is 2.75. The van der Waals surface area contributed by atoms with E-state index in [2.05, 4.69) is 15.1 Å². The number of ether oxygens (including phenoxy) is 3. The largest absolute Gasteiger partial charge is 0.487 e. The van der Waals surface area contributed by atoms with Gasteiger partial charge in [0, 0.05) is 31.3 Å². The Morgan fingerprint density at radius 1 is 1.06 bits per heavy atom. The maximum absolute atomic E-state index is 13.0. The third kappa shape index (κ3) is 5.79. The fraction of sp³-hybridized carbons (Fsp3) is 0.364. The van der Waals surface area contributed by atoms with Crippen LogP contribution in [0.25, 0.3) is 0 Å². The highest BCUT2D eigenvalue weighted by Crippen LogP contribution is 2.32. The van der Waals surface area contributed by atoms with E-state index in [4.69, 9.17) is 14.2 Å². The zero-order valence-electron chi connectivity index (χ0n) is 17.2. The molecule has 0 spiro atoms. The first-order chi connectivity index (χ1) is 15.3. The van der Waals surface area contributed by atoms with Crippen LogP contribution in [0.2, 0.25) is 0 Å². The predicted molar refractivity (Wildman–Crippen MR) is 112 cm³/mol. The minimum atomic E-state index is 0.0463. The van der Waals surface area contributed by atoms with Crippen molar-refractivity contribution < 1.29 is 19.0 Å². The second kappa shape index (κ2) is 10.5.